The van der Waals surface area contributed by atoms with Crippen LogP contribution in [0.25, 0.3) is 0 Å². The Hall–Kier alpha value is -4.23. The summed E-state index contributed by atoms with van der Waals surface area (Å²) in [7, 11) is -0.934. The molecule has 2 amide bonds. The van der Waals surface area contributed by atoms with Crippen LogP contribution in [0.4, 0.5) is 16.2 Å². The van der Waals surface area contributed by atoms with E-state index in [9.17, 15) is 18.5 Å². The van der Waals surface area contributed by atoms with E-state index in [-0.39, 0.29) is 22.2 Å². The van der Waals surface area contributed by atoms with Gasteiger partial charge < -0.3 is 14.4 Å². The van der Waals surface area contributed by atoms with Gasteiger partial charge >= 0.3 is 6.03 Å². The summed E-state index contributed by atoms with van der Waals surface area (Å²) >= 11 is 0. The van der Waals surface area contributed by atoms with Gasteiger partial charge in [0.2, 0.25) is 0 Å². The van der Waals surface area contributed by atoms with Gasteiger partial charge in [0.15, 0.2) is 0 Å². The van der Waals surface area contributed by atoms with E-state index in [1.54, 1.807) is 47.2 Å². The van der Waals surface area contributed by atoms with E-state index in [0.717, 1.165) is 17.7 Å². The van der Waals surface area contributed by atoms with E-state index in [1.807, 2.05) is 30.3 Å². The number of nitriles is 1. The van der Waals surface area contributed by atoms with Gasteiger partial charge in [-0.1, -0.05) is 24.3 Å². The second-order valence-electron chi connectivity index (χ2n) is 8.16. The molecule has 0 bridgehead atoms. The van der Waals surface area contributed by atoms with Gasteiger partial charge in [-0.25, -0.2) is 13.2 Å². The van der Waals surface area contributed by atoms with Crippen molar-refractivity contribution >= 4 is 27.4 Å². The van der Waals surface area contributed by atoms with Crippen molar-refractivity contribution in [2.75, 3.05) is 36.9 Å². The Labute approximate surface area is 210 Å². The molecule has 3 aromatic carbocycles. The van der Waals surface area contributed by atoms with Gasteiger partial charge in [-0.3, -0.25) is 9.62 Å². The average Bonchev–Trinajstić information content (AvgIpc) is 2.90. The molecule has 9 nitrogen and oxygen atoms in total. The number of carbonyl (C=O) groups excluding carboxylic acids is 1. The number of hydrogen-bond donors (Lipinski definition) is 1. The van der Waals surface area contributed by atoms with E-state index in [1.165, 1.54) is 19.2 Å². The molecule has 1 saturated heterocycles. The van der Waals surface area contributed by atoms with Crippen LogP contribution in [0.15, 0.2) is 71.6 Å². The molecular formula is C26H26N4O5S. The van der Waals surface area contributed by atoms with Crippen LogP contribution in [-0.2, 0) is 16.6 Å². The average molecular weight is 507 g/mol. The molecule has 0 radical (unpaired) electrons. The molecule has 36 heavy (non-hydrogen) atoms. The van der Waals surface area contributed by atoms with Crippen LogP contribution >= 0.6 is 0 Å². The zero-order valence-corrected chi connectivity index (χ0v) is 20.8. The molecule has 0 aliphatic carbocycles. The van der Waals surface area contributed by atoms with Gasteiger partial charge in [-0.15, -0.1) is 0 Å². The predicted octanol–water partition coefficient (Wildman–Crippen LogP) is 4.21. The summed E-state index contributed by atoms with van der Waals surface area (Å²) in [5, 5.41) is 9.30. The molecule has 0 unspecified atom stereocenters. The number of amides is 2. The fraction of sp³-hybridized carbons (Fsp3) is 0.231. The monoisotopic (exact) mass is 506 g/mol. The van der Waals surface area contributed by atoms with Crippen LogP contribution in [0.5, 0.6) is 11.5 Å². The summed E-state index contributed by atoms with van der Waals surface area (Å²) in [6.45, 7) is 1.49. The number of nitrogens with one attached hydrogen (secondary N) is 1. The number of urea groups is 1. The lowest BCUT2D eigenvalue weighted by molar-refractivity contribution is 0.192. The molecule has 3 aromatic rings. The molecule has 0 aromatic heterocycles. The minimum atomic E-state index is -4.03. The number of nitrogens with zero attached hydrogens (tertiary/aromatic N) is 3. The molecule has 186 valence electrons. The minimum absolute atomic E-state index is 0.0408. The quantitative estimate of drug-likeness (QED) is 0.490. The molecule has 0 saturated carbocycles. The van der Waals surface area contributed by atoms with Crippen molar-refractivity contribution in [3.63, 3.8) is 0 Å². The van der Waals surface area contributed by atoms with Crippen LogP contribution in [0.2, 0.25) is 0 Å². The normalized spacial score (nSPS) is 13.8. The highest BCUT2D eigenvalue weighted by Crippen LogP contribution is 2.34. The number of ether oxygens (including phenoxy) is 2. The molecular weight excluding hydrogens is 480 g/mol. The summed E-state index contributed by atoms with van der Waals surface area (Å²) in [5.41, 5.74) is 1.71. The van der Waals surface area contributed by atoms with Crippen LogP contribution in [-0.4, -0.2) is 46.7 Å². The molecule has 1 fully saturated rings. The molecule has 0 spiro atoms. The van der Waals surface area contributed by atoms with Crippen molar-refractivity contribution in [3.05, 3.63) is 77.9 Å². The summed E-state index contributed by atoms with van der Waals surface area (Å²) in [4.78, 5) is 16.6. The van der Waals surface area contributed by atoms with Crippen molar-refractivity contribution in [2.24, 2.45) is 0 Å². The Kier molecular flexibility index (Phi) is 7.31. The van der Waals surface area contributed by atoms with Gasteiger partial charge in [0.1, 0.15) is 22.5 Å². The topological polar surface area (TPSA) is 112 Å². The van der Waals surface area contributed by atoms with Crippen molar-refractivity contribution in [2.45, 2.75) is 17.9 Å². The fourth-order valence-electron chi connectivity index (χ4n) is 4.07. The first-order valence-electron chi connectivity index (χ1n) is 11.3. The lowest BCUT2D eigenvalue weighted by Crippen LogP contribution is -2.49. The van der Waals surface area contributed by atoms with Crippen LogP contribution in [0.1, 0.15) is 17.5 Å². The third-order valence-corrected chi connectivity index (χ3v) is 7.30. The van der Waals surface area contributed by atoms with Crippen LogP contribution in [0.3, 0.4) is 0 Å². The first-order chi connectivity index (χ1) is 17.4. The highest BCUT2D eigenvalue weighted by atomic mass is 32.2. The zero-order valence-electron chi connectivity index (χ0n) is 20.0. The zero-order chi connectivity index (χ0) is 25.7. The second-order valence-corrected chi connectivity index (χ2v) is 9.81. The highest BCUT2D eigenvalue weighted by Gasteiger charge is 2.29. The largest absolute Gasteiger partial charge is 0.497 e. The Bertz CT molecular complexity index is 1400. The molecule has 1 N–H and O–H groups in total. The standard InChI is InChI=1S/C26H26N4O5S/c1-34-22-11-8-19(9-12-22)18-29-14-5-15-30(26(29)31)23-16-21(10-13-24(23)35-2)28-36(32,33)25-7-4-3-6-20(25)17-27/h3-4,6-13,16,28H,5,14-15,18H2,1-2H3. The number of sulfonamides is 1. The Balaban J connectivity index is 1.60. The Morgan fingerprint density at radius 2 is 1.75 bits per heavy atom. The number of methoxy groups -OCH3 is 2. The molecule has 1 aliphatic rings. The fourth-order valence-corrected chi connectivity index (χ4v) is 5.28. The number of anilines is 2. The molecule has 4 rings (SSSR count). The summed E-state index contributed by atoms with van der Waals surface area (Å²) in [6.07, 6.45) is 0.733. The van der Waals surface area contributed by atoms with Crippen LogP contribution in [0, 0.1) is 11.3 Å². The SMILES string of the molecule is COc1ccc(CN2CCCN(c3cc(NS(=O)(=O)c4ccccc4C#N)ccc3OC)C2=O)cc1. The lowest BCUT2D eigenvalue weighted by atomic mass is 10.1. The van der Waals surface area contributed by atoms with Gasteiger partial charge in [0, 0.05) is 19.6 Å². The van der Waals surface area contributed by atoms with Crippen molar-refractivity contribution in [1.82, 2.24) is 4.90 Å². The van der Waals surface area contributed by atoms with E-state index in [0.29, 0.717) is 31.1 Å². The smallest absolute Gasteiger partial charge is 0.324 e. The lowest BCUT2D eigenvalue weighted by Gasteiger charge is -2.36. The number of hydrogen-bond acceptors (Lipinski definition) is 6. The Morgan fingerprint density at radius 1 is 1.00 bits per heavy atom. The van der Waals surface area contributed by atoms with Crippen molar-refractivity contribution < 1.29 is 22.7 Å². The number of carbonyl (C=O) groups is 1. The summed E-state index contributed by atoms with van der Waals surface area (Å²) < 4.78 is 39.2. The summed E-state index contributed by atoms with van der Waals surface area (Å²) in [6, 6.07) is 19.9. The van der Waals surface area contributed by atoms with Crippen molar-refractivity contribution in [3.8, 4) is 17.6 Å². The van der Waals surface area contributed by atoms with Gasteiger partial charge in [-0.2, -0.15) is 5.26 Å². The molecule has 0 atom stereocenters. The van der Waals surface area contributed by atoms with Gasteiger partial charge in [0.05, 0.1) is 31.2 Å². The second kappa shape index (κ2) is 10.6. The van der Waals surface area contributed by atoms with E-state index < -0.39 is 10.0 Å². The van der Waals surface area contributed by atoms with E-state index in [4.69, 9.17) is 9.47 Å². The summed E-state index contributed by atoms with van der Waals surface area (Å²) in [5.74, 6) is 1.18. The maximum Gasteiger partial charge on any atom is 0.324 e. The maximum atomic E-state index is 13.4. The highest BCUT2D eigenvalue weighted by molar-refractivity contribution is 7.92. The van der Waals surface area contributed by atoms with Crippen LogP contribution < -0.4 is 19.1 Å². The molecule has 10 heteroatoms. The van der Waals surface area contributed by atoms with Crippen molar-refractivity contribution in [1.29, 1.82) is 5.26 Å². The van der Waals surface area contributed by atoms with E-state index in [2.05, 4.69) is 4.72 Å². The molecule has 1 heterocycles. The third-order valence-electron chi connectivity index (χ3n) is 5.86. The maximum absolute atomic E-state index is 13.4. The number of rotatable bonds is 8. The first-order valence-corrected chi connectivity index (χ1v) is 12.7. The minimum Gasteiger partial charge on any atom is -0.497 e. The molecule has 1 aliphatic heterocycles. The third kappa shape index (κ3) is 5.21. The first kappa shape index (κ1) is 24.9. The number of benzene rings is 3. The Morgan fingerprint density at radius 3 is 2.44 bits per heavy atom. The van der Waals surface area contributed by atoms with Gasteiger partial charge in [-0.05, 0) is 54.4 Å². The predicted molar refractivity (Wildman–Crippen MR) is 136 cm³/mol. The van der Waals surface area contributed by atoms with Gasteiger partial charge in [0.25, 0.3) is 10.0 Å². The van der Waals surface area contributed by atoms with E-state index >= 15 is 0 Å².